The zero-order valence-electron chi connectivity index (χ0n) is 23.8. The quantitative estimate of drug-likeness (QED) is 0.150. The summed E-state index contributed by atoms with van der Waals surface area (Å²) < 4.78 is 33.9. The summed E-state index contributed by atoms with van der Waals surface area (Å²) >= 11 is 0. The Morgan fingerprint density at radius 3 is 2.40 bits per heavy atom. The van der Waals surface area contributed by atoms with Crippen LogP contribution in [0, 0.1) is 5.41 Å². The zero-order chi connectivity index (χ0) is 29.1. The maximum atomic E-state index is 13.4. The van der Waals surface area contributed by atoms with Crippen LogP contribution in [-0.2, 0) is 23.8 Å². The number of benzene rings is 1. The van der Waals surface area contributed by atoms with Gasteiger partial charge in [-0.05, 0) is 44.7 Å². The third-order valence-electron chi connectivity index (χ3n) is 6.68. The maximum absolute atomic E-state index is 13.4. The van der Waals surface area contributed by atoms with Crippen molar-refractivity contribution in [3.8, 4) is 17.2 Å². The summed E-state index contributed by atoms with van der Waals surface area (Å²) in [5.74, 6) is -0.464. The molecule has 1 aliphatic carbocycles. The number of esters is 2. The lowest BCUT2D eigenvalue weighted by atomic mass is 9.97. The number of hydrogen-bond acceptors (Lipinski definition) is 10. The Balaban J connectivity index is 1.74. The lowest BCUT2D eigenvalue weighted by Crippen LogP contribution is -2.45. The first kappa shape index (κ1) is 30.9. The summed E-state index contributed by atoms with van der Waals surface area (Å²) in [6.45, 7) is 7.20. The number of Topliss-reactive ketones (excluding diaryl/α,β-unsaturated/α-hetero) is 1. The van der Waals surface area contributed by atoms with E-state index in [1.54, 1.807) is 6.92 Å². The molecule has 0 saturated heterocycles. The van der Waals surface area contributed by atoms with Crippen molar-refractivity contribution in [2.24, 2.45) is 5.41 Å². The predicted molar refractivity (Wildman–Crippen MR) is 145 cm³/mol. The van der Waals surface area contributed by atoms with E-state index in [0.717, 1.165) is 6.42 Å². The van der Waals surface area contributed by atoms with Crippen LogP contribution in [-0.4, -0.2) is 61.5 Å². The fraction of sp³-hybridized carbons (Fsp3) is 0.533. The van der Waals surface area contributed by atoms with Gasteiger partial charge in [-0.1, -0.05) is 32.0 Å². The first-order valence-corrected chi connectivity index (χ1v) is 13.6. The smallest absolute Gasteiger partial charge is 0.312 e. The average molecular weight is 558 g/mol. The van der Waals surface area contributed by atoms with Gasteiger partial charge in [-0.15, -0.1) is 0 Å². The van der Waals surface area contributed by atoms with Crippen LogP contribution < -0.4 is 14.2 Å². The molecule has 0 N–H and O–H groups in total. The minimum absolute atomic E-state index is 0.0112. The molecule has 1 aliphatic rings. The summed E-state index contributed by atoms with van der Waals surface area (Å²) in [7, 11) is 1.42. The highest BCUT2D eigenvalue weighted by molar-refractivity contribution is 6.01. The van der Waals surface area contributed by atoms with Crippen molar-refractivity contribution in [1.29, 1.82) is 0 Å². The van der Waals surface area contributed by atoms with Crippen LogP contribution in [0.1, 0.15) is 70.3 Å². The molecule has 1 aromatic carbocycles. The van der Waals surface area contributed by atoms with Gasteiger partial charge in [0.2, 0.25) is 6.79 Å². The Kier molecular flexibility index (Phi) is 11.3. The van der Waals surface area contributed by atoms with E-state index in [-0.39, 0.29) is 29.7 Å². The molecule has 0 unspecified atom stereocenters. The minimum Gasteiger partial charge on any atom is -0.493 e. The first-order valence-electron chi connectivity index (χ1n) is 13.6. The van der Waals surface area contributed by atoms with Gasteiger partial charge in [0.15, 0.2) is 29.1 Å². The van der Waals surface area contributed by atoms with E-state index >= 15 is 0 Å². The minimum atomic E-state index is -0.966. The molecular formula is C30H39NO9. The van der Waals surface area contributed by atoms with Crippen molar-refractivity contribution < 1.29 is 42.8 Å². The van der Waals surface area contributed by atoms with Gasteiger partial charge in [0.05, 0.1) is 18.6 Å². The molecule has 0 spiro atoms. The maximum Gasteiger partial charge on any atom is 0.312 e. The number of rotatable bonds is 17. The summed E-state index contributed by atoms with van der Waals surface area (Å²) in [6, 6.07) is 10.9. The number of carbonyl (C=O) groups excluding carboxylic acids is 3. The van der Waals surface area contributed by atoms with Crippen LogP contribution in [0.15, 0.2) is 42.6 Å². The largest absolute Gasteiger partial charge is 0.493 e. The van der Waals surface area contributed by atoms with Crippen LogP contribution in [0.25, 0.3) is 0 Å². The summed E-state index contributed by atoms with van der Waals surface area (Å²) in [6.07, 6.45) is 2.35. The van der Waals surface area contributed by atoms with Crippen molar-refractivity contribution >= 4 is 17.7 Å². The van der Waals surface area contributed by atoms with Gasteiger partial charge in [-0.25, -0.2) is 4.98 Å². The molecule has 218 valence electrons. The Labute approximate surface area is 235 Å². The van der Waals surface area contributed by atoms with Gasteiger partial charge in [0, 0.05) is 32.2 Å². The number of aromatic nitrogens is 1. The number of ether oxygens (including phenoxy) is 6. The number of para-hydroxylation sites is 1. The van der Waals surface area contributed by atoms with Crippen LogP contribution in [0.2, 0.25) is 0 Å². The van der Waals surface area contributed by atoms with Gasteiger partial charge >= 0.3 is 11.9 Å². The van der Waals surface area contributed by atoms with Crippen molar-refractivity contribution in [2.75, 3.05) is 20.5 Å². The van der Waals surface area contributed by atoms with Crippen LogP contribution >= 0.6 is 0 Å². The van der Waals surface area contributed by atoms with Crippen LogP contribution in [0.4, 0.5) is 0 Å². The van der Waals surface area contributed by atoms with Gasteiger partial charge < -0.3 is 28.4 Å². The summed E-state index contributed by atoms with van der Waals surface area (Å²) in [5, 5.41) is 0. The number of nitrogens with zero attached hydrogens (tertiary/aromatic N) is 1. The Morgan fingerprint density at radius 2 is 1.80 bits per heavy atom. The molecule has 0 bridgehead atoms. The number of hydrogen-bond donors (Lipinski definition) is 0. The van der Waals surface area contributed by atoms with Gasteiger partial charge in [-0.3, -0.25) is 14.4 Å². The SMILES string of the molecule is CCCO[C@@H](CC)[C@@H](Oc1ccccc1)[C@H](C)OC(=O)C1(CC(=O)c2nccc(OC)c2OCOC(C)=O)CC1. The number of pyridine rings is 1. The molecule has 10 heteroatoms. The predicted octanol–water partition coefficient (Wildman–Crippen LogP) is 4.93. The number of carbonyl (C=O) groups is 3. The molecule has 0 radical (unpaired) electrons. The molecule has 0 aliphatic heterocycles. The molecule has 1 saturated carbocycles. The third kappa shape index (κ3) is 8.17. The Morgan fingerprint density at radius 1 is 1.07 bits per heavy atom. The monoisotopic (exact) mass is 557 g/mol. The second-order valence-electron chi connectivity index (χ2n) is 9.79. The van der Waals surface area contributed by atoms with Crippen molar-refractivity contribution in [3.05, 3.63) is 48.3 Å². The lowest BCUT2D eigenvalue weighted by Gasteiger charge is -2.32. The van der Waals surface area contributed by atoms with E-state index in [1.165, 1.54) is 26.3 Å². The zero-order valence-corrected chi connectivity index (χ0v) is 23.8. The number of methoxy groups -OCH3 is 1. The number of ketones is 1. The van der Waals surface area contributed by atoms with E-state index in [4.69, 9.17) is 28.4 Å². The molecule has 0 amide bonds. The van der Waals surface area contributed by atoms with E-state index in [0.29, 0.717) is 31.6 Å². The van der Waals surface area contributed by atoms with Gasteiger partial charge in [0.1, 0.15) is 11.9 Å². The van der Waals surface area contributed by atoms with Crippen LogP contribution in [0.5, 0.6) is 17.2 Å². The molecular weight excluding hydrogens is 518 g/mol. The van der Waals surface area contributed by atoms with Crippen molar-refractivity contribution in [2.45, 2.75) is 78.1 Å². The standard InChI is InChI=1S/C30H39NO9/c1-6-17-36-24(7-2)27(40-22-11-9-8-10-12-22)20(3)39-29(34)30(14-15-30)18-23(33)26-28(38-19-37-21(4)32)25(35-5)13-16-31-26/h8-13,16,20,24,27H,6-7,14-15,17-19H2,1-5H3/t20-,24-,27-/m0/s1. The first-order chi connectivity index (χ1) is 19.2. The normalized spacial score (nSPS) is 15.7. The average Bonchev–Trinajstić information content (AvgIpc) is 3.73. The van der Waals surface area contributed by atoms with E-state index in [1.807, 2.05) is 44.2 Å². The fourth-order valence-corrected chi connectivity index (χ4v) is 4.30. The molecule has 1 heterocycles. The van der Waals surface area contributed by atoms with Gasteiger partial charge in [0.25, 0.3) is 0 Å². The summed E-state index contributed by atoms with van der Waals surface area (Å²) in [4.78, 5) is 42.1. The van der Waals surface area contributed by atoms with E-state index in [2.05, 4.69) is 4.98 Å². The highest BCUT2D eigenvalue weighted by Gasteiger charge is 2.54. The summed E-state index contributed by atoms with van der Waals surface area (Å²) in [5.41, 5.74) is -0.977. The third-order valence-corrected chi connectivity index (χ3v) is 6.68. The molecule has 2 aromatic rings. The molecule has 3 atom stereocenters. The highest BCUT2D eigenvalue weighted by Crippen LogP contribution is 2.51. The second-order valence-corrected chi connectivity index (χ2v) is 9.79. The second kappa shape index (κ2) is 14.6. The lowest BCUT2D eigenvalue weighted by molar-refractivity contribution is -0.165. The Bertz CT molecular complexity index is 1130. The van der Waals surface area contributed by atoms with Gasteiger partial charge in [-0.2, -0.15) is 0 Å². The highest BCUT2D eigenvalue weighted by atomic mass is 16.7. The molecule has 3 rings (SSSR count). The van der Waals surface area contributed by atoms with Crippen molar-refractivity contribution in [3.63, 3.8) is 0 Å². The Hall–Kier alpha value is -3.66. The molecule has 40 heavy (non-hydrogen) atoms. The molecule has 1 fully saturated rings. The molecule has 1 aromatic heterocycles. The van der Waals surface area contributed by atoms with E-state index < -0.39 is 42.1 Å². The fourth-order valence-electron chi connectivity index (χ4n) is 4.30. The van der Waals surface area contributed by atoms with Crippen LogP contribution in [0.3, 0.4) is 0 Å². The topological polar surface area (TPSA) is 119 Å². The molecule has 10 nitrogen and oxygen atoms in total. The van der Waals surface area contributed by atoms with E-state index in [9.17, 15) is 14.4 Å². The van der Waals surface area contributed by atoms with Crippen molar-refractivity contribution in [1.82, 2.24) is 4.98 Å².